The van der Waals surface area contributed by atoms with Gasteiger partial charge in [0.1, 0.15) is 0 Å². The van der Waals surface area contributed by atoms with Gasteiger partial charge in [0.15, 0.2) is 6.61 Å². The monoisotopic (exact) mass is 369 g/mol. The number of carbonyl (C=O) groups is 2. The van der Waals surface area contributed by atoms with Gasteiger partial charge in [0.05, 0.1) is 22.2 Å². The highest BCUT2D eigenvalue weighted by Gasteiger charge is 2.22. The number of ether oxygens (including phenoxy) is 1. The van der Waals surface area contributed by atoms with E-state index in [1.54, 1.807) is 0 Å². The predicted molar refractivity (Wildman–Crippen MR) is 98.1 cm³/mol. The number of esters is 1. The molecule has 8 heteroatoms. The topological polar surface area (TPSA) is 125 Å². The van der Waals surface area contributed by atoms with Crippen LogP contribution in [-0.2, 0) is 16.0 Å². The molecule has 140 valence electrons. The molecule has 0 spiro atoms. The van der Waals surface area contributed by atoms with Gasteiger partial charge in [-0.25, -0.2) is 4.79 Å². The molecule has 0 saturated heterocycles. The summed E-state index contributed by atoms with van der Waals surface area (Å²) in [5.41, 5.74) is 7.65. The fourth-order valence-corrected chi connectivity index (χ4v) is 3.20. The number of nitrogens with two attached hydrogens (primary N) is 1. The Kier molecular flexibility index (Phi) is 5.35. The largest absolute Gasteiger partial charge is 0.452 e. The highest BCUT2D eigenvalue weighted by molar-refractivity contribution is 5.96. The van der Waals surface area contributed by atoms with Crippen molar-refractivity contribution in [2.24, 2.45) is 0 Å². The smallest absolute Gasteiger partial charge is 0.340 e. The van der Waals surface area contributed by atoms with Crippen LogP contribution < -0.4 is 11.1 Å². The number of nitrogens with one attached hydrogen (secondary N) is 1. The minimum atomic E-state index is -0.804. The number of nitro benzene ring substituents is 1. The molecular weight excluding hydrogens is 350 g/mol. The minimum Gasteiger partial charge on any atom is -0.452 e. The van der Waals surface area contributed by atoms with E-state index in [0.717, 1.165) is 37.0 Å². The first-order valence-electron chi connectivity index (χ1n) is 8.54. The standard InChI is InChI=1S/C19H19N3O5/c20-16-10-13(22(25)26)8-9-15(16)19(24)27-11-18(23)21-17-7-3-5-12-4-1-2-6-14(12)17/h1-2,4,6,8-10,17H,3,5,7,11,20H2,(H,21,23)/t17-/m1/s1. The normalized spacial score (nSPS) is 15.5. The van der Waals surface area contributed by atoms with Crippen molar-refractivity contribution in [1.29, 1.82) is 0 Å². The molecule has 1 aliphatic rings. The van der Waals surface area contributed by atoms with Crippen LogP contribution in [0, 0.1) is 10.1 Å². The van der Waals surface area contributed by atoms with E-state index in [1.165, 1.54) is 11.6 Å². The van der Waals surface area contributed by atoms with E-state index in [2.05, 4.69) is 5.32 Å². The highest BCUT2D eigenvalue weighted by Crippen LogP contribution is 2.29. The van der Waals surface area contributed by atoms with Gasteiger partial charge >= 0.3 is 5.97 Å². The van der Waals surface area contributed by atoms with E-state index in [4.69, 9.17) is 10.5 Å². The van der Waals surface area contributed by atoms with Gasteiger partial charge in [-0.1, -0.05) is 24.3 Å². The van der Waals surface area contributed by atoms with E-state index < -0.39 is 23.4 Å². The summed E-state index contributed by atoms with van der Waals surface area (Å²) in [7, 11) is 0. The Morgan fingerprint density at radius 1 is 1.26 bits per heavy atom. The SMILES string of the molecule is Nc1cc([N+](=O)[O-])ccc1C(=O)OCC(=O)N[C@@H]1CCCc2ccccc21. The maximum atomic E-state index is 12.2. The molecule has 8 nitrogen and oxygen atoms in total. The third-order valence-electron chi connectivity index (χ3n) is 4.50. The number of amides is 1. The average molecular weight is 369 g/mol. The van der Waals surface area contributed by atoms with Crippen LogP contribution in [0.15, 0.2) is 42.5 Å². The Morgan fingerprint density at radius 2 is 2.04 bits per heavy atom. The summed E-state index contributed by atoms with van der Waals surface area (Å²) in [4.78, 5) is 34.4. The maximum absolute atomic E-state index is 12.2. The molecule has 3 rings (SSSR count). The first kappa shape index (κ1) is 18.4. The summed E-state index contributed by atoms with van der Waals surface area (Å²) in [6.45, 7) is -0.450. The third-order valence-corrected chi connectivity index (χ3v) is 4.50. The van der Waals surface area contributed by atoms with Crippen molar-refractivity contribution >= 4 is 23.3 Å². The molecule has 0 bridgehead atoms. The van der Waals surface area contributed by atoms with Crippen LogP contribution in [-0.4, -0.2) is 23.4 Å². The zero-order valence-corrected chi connectivity index (χ0v) is 14.5. The number of nitrogen functional groups attached to an aromatic ring is 1. The summed E-state index contributed by atoms with van der Waals surface area (Å²) in [6, 6.07) is 11.3. The summed E-state index contributed by atoms with van der Waals surface area (Å²) >= 11 is 0. The van der Waals surface area contributed by atoms with Crippen LogP contribution in [0.3, 0.4) is 0 Å². The Morgan fingerprint density at radius 3 is 2.78 bits per heavy atom. The van der Waals surface area contributed by atoms with Gasteiger partial charge < -0.3 is 15.8 Å². The summed E-state index contributed by atoms with van der Waals surface area (Å²) < 4.78 is 5.00. The van der Waals surface area contributed by atoms with E-state index in [9.17, 15) is 19.7 Å². The highest BCUT2D eigenvalue weighted by atomic mass is 16.6. The molecule has 0 fully saturated rings. The van der Waals surface area contributed by atoms with Gasteiger partial charge in [0.2, 0.25) is 0 Å². The first-order valence-corrected chi connectivity index (χ1v) is 8.54. The van der Waals surface area contributed by atoms with Crippen molar-refractivity contribution in [3.63, 3.8) is 0 Å². The fraction of sp³-hybridized carbons (Fsp3) is 0.263. The Balaban J connectivity index is 1.58. The van der Waals surface area contributed by atoms with Gasteiger partial charge in [0, 0.05) is 12.1 Å². The predicted octanol–water partition coefficient (Wildman–Crippen LogP) is 2.53. The van der Waals surface area contributed by atoms with E-state index in [-0.39, 0.29) is 23.0 Å². The Bertz CT molecular complexity index is 897. The van der Waals surface area contributed by atoms with Gasteiger partial charge in [-0.05, 0) is 36.5 Å². The zero-order chi connectivity index (χ0) is 19.4. The molecule has 1 aliphatic carbocycles. The van der Waals surface area contributed by atoms with Crippen LogP contribution in [0.2, 0.25) is 0 Å². The summed E-state index contributed by atoms with van der Waals surface area (Å²) in [5, 5.41) is 13.6. The molecule has 0 aliphatic heterocycles. The van der Waals surface area contributed by atoms with Crippen molar-refractivity contribution in [3.05, 3.63) is 69.3 Å². The van der Waals surface area contributed by atoms with Crippen molar-refractivity contribution in [1.82, 2.24) is 5.32 Å². The number of non-ortho nitro benzene ring substituents is 1. The molecule has 1 amide bonds. The van der Waals surface area contributed by atoms with Crippen LogP contribution in [0.5, 0.6) is 0 Å². The second-order valence-corrected chi connectivity index (χ2v) is 6.32. The lowest BCUT2D eigenvalue weighted by molar-refractivity contribution is -0.384. The van der Waals surface area contributed by atoms with Crippen molar-refractivity contribution in [3.8, 4) is 0 Å². The third kappa shape index (κ3) is 4.22. The number of aryl methyl sites for hydroxylation is 1. The summed E-state index contributed by atoms with van der Waals surface area (Å²) in [6.07, 6.45) is 2.78. The van der Waals surface area contributed by atoms with Gasteiger partial charge in [-0.15, -0.1) is 0 Å². The molecule has 2 aromatic carbocycles. The number of rotatable bonds is 5. The van der Waals surface area contributed by atoms with Crippen LogP contribution >= 0.6 is 0 Å². The van der Waals surface area contributed by atoms with Crippen LogP contribution in [0.1, 0.15) is 40.4 Å². The molecule has 0 heterocycles. The molecular formula is C19H19N3O5. The minimum absolute atomic E-state index is 0.0172. The maximum Gasteiger partial charge on any atom is 0.340 e. The number of hydrogen-bond donors (Lipinski definition) is 2. The number of anilines is 1. The first-order chi connectivity index (χ1) is 13.0. The number of nitrogens with zero attached hydrogens (tertiary/aromatic N) is 1. The van der Waals surface area contributed by atoms with Crippen molar-refractivity contribution < 1.29 is 19.2 Å². The number of hydrogen-bond acceptors (Lipinski definition) is 6. The van der Waals surface area contributed by atoms with Gasteiger partial charge in [-0.2, -0.15) is 0 Å². The molecule has 1 atom stereocenters. The second-order valence-electron chi connectivity index (χ2n) is 6.32. The van der Waals surface area contributed by atoms with E-state index >= 15 is 0 Å². The number of nitro groups is 1. The molecule has 3 N–H and O–H groups in total. The number of fused-ring (bicyclic) bond motifs is 1. The molecule has 0 unspecified atom stereocenters. The molecule has 27 heavy (non-hydrogen) atoms. The van der Waals surface area contributed by atoms with E-state index in [0.29, 0.717) is 0 Å². The number of carbonyl (C=O) groups excluding carboxylic acids is 2. The Labute approximate surface area is 155 Å². The quantitative estimate of drug-likeness (QED) is 0.361. The van der Waals surface area contributed by atoms with E-state index in [1.807, 2.05) is 24.3 Å². The van der Waals surface area contributed by atoms with Crippen molar-refractivity contribution in [2.75, 3.05) is 12.3 Å². The van der Waals surface area contributed by atoms with Crippen molar-refractivity contribution in [2.45, 2.75) is 25.3 Å². The van der Waals surface area contributed by atoms with Crippen LogP contribution in [0.4, 0.5) is 11.4 Å². The summed E-state index contributed by atoms with van der Waals surface area (Å²) in [5.74, 6) is -1.22. The molecule has 0 aromatic heterocycles. The number of benzene rings is 2. The lowest BCUT2D eigenvalue weighted by Crippen LogP contribution is -2.34. The fourth-order valence-electron chi connectivity index (χ4n) is 3.20. The molecule has 0 radical (unpaired) electrons. The average Bonchev–Trinajstić information content (AvgIpc) is 2.66. The molecule has 2 aromatic rings. The van der Waals surface area contributed by atoms with Gasteiger partial charge in [-0.3, -0.25) is 14.9 Å². The second kappa shape index (κ2) is 7.86. The van der Waals surface area contributed by atoms with Crippen LogP contribution in [0.25, 0.3) is 0 Å². The molecule has 0 saturated carbocycles. The lowest BCUT2D eigenvalue weighted by atomic mass is 9.88. The zero-order valence-electron chi connectivity index (χ0n) is 14.5. The van der Waals surface area contributed by atoms with Gasteiger partial charge in [0.25, 0.3) is 11.6 Å². The lowest BCUT2D eigenvalue weighted by Gasteiger charge is -2.26. The Hall–Kier alpha value is -3.42.